The van der Waals surface area contributed by atoms with E-state index in [0.29, 0.717) is 35.7 Å². The number of nitrogens with one attached hydrogen (secondary N) is 1. The SMILES string of the molecule is C=CCn1c(=O)c2cnc(Nc3ccc(OCC)c(CC4C(=O)C5CCN4CC5)c3)nc2n1-c1cccc(N=S(C)(C)=O)n1. The van der Waals surface area contributed by atoms with Gasteiger partial charge in [-0.3, -0.25) is 14.5 Å². The fourth-order valence-corrected chi connectivity index (χ4v) is 6.59. The van der Waals surface area contributed by atoms with Gasteiger partial charge in [0.25, 0.3) is 5.56 Å². The maximum Gasteiger partial charge on any atom is 0.278 e. The van der Waals surface area contributed by atoms with Crippen LogP contribution in [0.1, 0.15) is 25.3 Å². The fraction of sp³-hybridized carbons (Fsp3) is 0.387. The van der Waals surface area contributed by atoms with Crippen LogP contribution in [0.15, 0.2) is 64.4 Å². The fourth-order valence-electron chi connectivity index (χ4n) is 6.04. The lowest BCUT2D eigenvalue weighted by Gasteiger charge is -2.44. The molecule has 4 aromatic rings. The van der Waals surface area contributed by atoms with Crippen molar-refractivity contribution in [2.45, 2.75) is 38.8 Å². The topological polar surface area (TPSA) is 137 Å². The first-order valence-corrected chi connectivity index (χ1v) is 17.0. The van der Waals surface area contributed by atoms with Crippen LogP contribution >= 0.6 is 0 Å². The molecule has 0 amide bonds. The first-order valence-electron chi connectivity index (χ1n) is 14.7. The molecule has 13 heteroatoms. The molecule has 1 atom stereocenters. The molecule has 12 nitrogen and oxygen atoms in total. The highest BCUT2D eigenvalue weighted by Crippen LogP contribution is 2.34. The van der Waals surface area contributed by atoms with Gasteiger partial charge in [0.15, 0.2) is 23.1 Å². The molecule has 0 radical (unpaired) electrons. The molecule has 3 aliphatic rings. The Bertz CT molecular complexity index is 1920. The van der Waals surface area contributed by atoms with Crippen molar-refractivity contribution in [3.05, 3.63) is 71.2 Å². The van der Waals surface area contributed by atoms with Crippen LogP contribution in [0.25, 0.3) is 16.9 Å². The summed E-state index contributed by atoms with van der Waals surface area (Å²) in [6.07, 6.45) is 8.63. The molecule has 1 N–H and O–H groups in total. The molecule has 0 saturated carbocycles. The number of fused-ring (bicyclic) bond motifs is 4. The van der Waals surface area contributed by atoms with Crippen LogP contribution in [0.5, 0.6) is 5.75 Å². The Labute approximate surface area is 256 Å². The van der Waals surface area contributed by atoms with Gasteiger partial charge in [-0.25, -0.2) is 23.5 Å². The van der Waals surface area contributed by atoms with E-state index in [1.807, 2.05) is 25.1 Å². The molecule has 7 rings (SSSR count). The summed E-state index contributed by atoms with van der Waals surface area (Å²) >= 11 is 0. The van der Waals surface area contributed by atoms with Gasteiger partial charge < -0.3 is 10.1 Å². The van der Waals surface area contributed by atoms with E-state index in [0.717, 1.165) is 42.9 Å². The van der Waals surface area contributed by atoms with E-state index in [2.05, 4.69) is 31.1 Å². The smallest absolute Gasteiger partial charge is 0.278 e. The molecule has 2 bridgehead atoms. The minimum Gasteiger partial charge on any atom is -0.494 e. The van der Waals surface area contributed by atoms with E-state index in [-0.39, 0.29) is 35.8 Å². The largest absolute Gasteiger partial charge is 0.494 e. The van der Waals surface area contributed by atoms with Crippen LogP contribution in [0.2, 0.25) is 0 Å². The normalized spacial score (nSPS) is 19.7. The standard InChI is InChI=1S/C31H36N8O4S/c1-5-14-38-30(41)23-19-32-31(35-29(23)39(38)27-9-7-8-26(34-27)36-44(3,4)42)33-22-10-11-25(43-6-2)21(17-22)18-24-28(40)20-12-15-37(24)16-13-20/h5,7-11,17,19-20,24H,1,6,12-16,18H2,2-4H3,(H,32,33,35). The number of aromatic nitrogens is 5. The maximum atomic E-state index is 13.4. The third kappa shape index (κ3) is 5.89. The number of pyridine rings is 1. The summed E-state index contributed by atoms with van der Waals surface area (Å²) in [5, 5.41) is 3.58. The zero-order valence-electron chi connectivity index (χ0n) is 25.1. The predicted molar refractivity (Wildman–Crippen MR) is 171 cm³/mol. The summed E-state index contributed by atoms with van der Waals surface area (Å²) < 4.78 is 25.5. The quantitative estimate of drug-likeness (QED) is 0.263. The molecule has 0 spiro atoms. The molecular formula is C31H36N8O4S. The second-order valence-electron chi connectivity index (χ2n) is 11.4. The van der Waals surface area contributed by atoms with E-state index >= 15 is 0 Å². The van der Waals surface area contributed by atoms with Gasteiger partial charge in [0, 0.05) is 40.0 Å². The Balaban J connectivity index is 1.37. The van der Waals surface area contributed by atoms with E-state index in [1.165, 1.54) is 23.4 Å². The van der Waals surface area contributed by atoms with E-state index < -0.39 is 9.73 Å². The number of hydrogen-bond acceptors (Lipinski definition) is 10. The minimum atomic E-state index is -2.45. The Morgan fingerprint density at radius 1 is 1.16 bits per heavy atom. The lowest BCUT2D eigenvalue weighted by Crippen LogP contribution is -2.56. The Kier molecular flexibility index (Phi) is 8.08. The number of rotatable bonds is 10. The number of piperidine rings is 3. The van der Waals surface area contributed by atoms with Crippen molar-refractivity contribution in [1.82, 2.24) is 29.2 Å². The third-order valence-electron chi connectivity index (χ3n) is 7.96. The van der Waals surface area contributed by atoms with Gasteiger partial charge in [0.05, 0.1) is 19.2 Å². The van der Waals surface area contributed by atoms with Gasteiger partial charge in [0.1, 0.15) is 11.1 Å². The summed E-state index contributed by atoms with van der Waals surface area (Å²) in [5.41, 5.74) is 1.71. The number of ether oxygens (including phenoxy) is 1. The van der Waals surface area contributed by atoms with Crippen LogP contribution in [0, 0.1) is 5.92 Å². The number of hydrogen-bond donors (Lipinski definition) is 1. The number of carbonyl (C=O) groups is 1. The second kappa shape index (κ2) is 12.0. The van der Waals surface area contributed by atoms with Crippen molar-refractivity contribution in [1.29, 1.82) is 0 Å². The molecule has 1 unspecified atom stereocenters. The first kappa shape index (κ1) is 29.7. The monoisotopic (exact) mass is 616 g/mol. The lowest BCUT2D eigenvalue weighted by molar-refractivity contribution is -0.136. The minimum absolute atomic E-state index is 0.146. The predicted octanol–water partition coefficient (Wildman–Crippen LogP) is 3.87. The Morgan fingerprint density at radius 3 is 2.66 bits per heavy atom. The van der Waals surface area contributed by atoms with Crippen molar-refractivity contribution >= 4 is 44.0 Å². The van der Waals surface area contributed by atoms with Crippen LogP contribution in [-0.2, 0) is 27.5 Å². The van der Waals surface area contributed by atoms with Crippen LogP contribution < -0.4 is 15.6 Å². The number of carbonyl (C=O) groups excluding carboxylic acids is 1. The van der Waals surface area contributed by atoms with Crippen molar-refractivity contribution in [2.24, 2.45) is 10.3 Å². The number of Topliss-reactive ketones (excluding diaryl/α,β-unsaturated/α-hetero) is 1. The van der Waals surface area contributed by atoms with Gasteiger partial charge in [-0.2, -0.15) is 9.35 Å². The van der Waals surface area contributed by atoms with Gasteiger partial charge >= 0.3 is 0 Å². The third-order valence-corrected chi connectivity index (χ3v) is 8.59. The van der Waals surface area contributed by atoms with Crippen molar-refractivity contribution in [3.8, 4) is 11.6 Å². The van der Waals surface area contributed by atoms with E-state index in [9.17, 15) is 13.8 Å². The summed E-state index contributed by atoms with van der Waals surface area (Å²) in [7, 11) is -2.45. The van der Waals surface area contributed by atoms with Crippen LogP contribution in [0.4, 0.5) is 17.5 Å². The first-order chi connectivity index (χ1) is 21.1. The average molecular weight is 617 g/mol. The molecule has 230 valence electrons. The van der Waals surface area contributed by atoms with Gasteiger partial charge in [-0.15, -0.1) is 6.58 Å². The average Bonchev–Trinajstić information content (AvgIpc) is 3.26. The second-order valence-corrected chi connectivity index (χ2v) is 13.9. The summed E-state index contributed by atoms with van der Waals surface area (Å²) in [6.45, 7) is 8.36. The molecule has 44 heavy (non-hydrogen) atoms. The van der Waals surface area contributed by atoms with Gasteiger partial charge in [-0.05, 0) is 75.2 Å². The molecule has 1 aromatic carbocycles. The van der Waals surface area contributed by atoms with Gasteiger partial charge in [-0.1, -0.05) is 12.1 Å². The summed E-state index contributed by atoms with van der Waals surface area (Å²) in [5.74, 6) is 2.18. The molecule has 0 aliphatic carbocycles. The lowest BCUT2D eigenvalue weighted by atomic mass is 9.80. The Morgan fingerprint density at radius 2 is 1.95 bits per heavy atom. The van der Waals surface area contributed by atoms with E-state index in [1.54, 1.807) is 29.0 Å². The zero-order valence-corrected chi connectivity index (χ0v) is 25.9. The van der Waals surface area contributed by atoms with E-state index in [4.69, 9.17) is 9.72 Å². The molecule has 3 fully saturated rings. The van der Waals surface area contributed by atoms with Crippen molar-refractivity contribution in [2.75, 3.05) is 37.5 Å². The molecular weight excluding hydrogens is 580 g/mol. The number of anilines is 2. The number of ketones is 1. The highest BCUT2D eigenvalue weighted by molar-refractivity contribution is 7.92. The highest BCUT2D eigenvalue weighted by Gasteiger charge is 2.41. The molecule has 6 heterocycles. The van der Waals surface area contributed by atoms with Gasteiger partial charge in [0.2, 0.25) is 5.95 Å². The van der Waals surface area contributed by atoms with Crippen molar-refractivity contribution < 1.29 is 13.7 Å². The summed E-state index contributed by atoms with van der Waals surface area (Å²) in [4.78, 5) is 42.5. The number of allylic oxidation sites excluding steroid dienone is 1. The highest BCUT2D eigenvalue weighted by atomic mass is 32.2. The zero-order chi connectivity index (χ0) is 31.0. The number of nitrogens with zero attached hydrogens (tertiary/aromatic N) is 7. The number of benzene rings is 1. The summed E-state index contributed by atoms with van der Waals surface area (Å²) in [6, 6.07) is 10.7. The Hall–Kier alpha value is -4.36. The maximum absolute atomic E-state index is 13.4. The van der Waals surface area contributed by atoms with Crippen molar-refractivity contribution in [3.63, 3.8) is 0 Å². The van der Waals surface area contributed by atoms with Crippen LogP contribution in [0.3, 0.4) is 0 Å². The molecule has 3 aliphatic heterocycles. The van der Waals surface area contributed by atoms with Crippen LogP contribution in [-0.4, -0.2) is 77.5 Å². The molecule has 3 saturated heterocycles. The molecule has 3 aromatic heterocycles.